The second kappa shape index (κ2) is 4.71. The Balaban J connectivity index is 2.21. The van der Waals surface area contributed by atoms with E-state index >= 15 is 0 Å². The van der Waals surface area contributed by atoms with Crippen LogP contribution in [0.4, 0.5) is 0 Å². The van der Waals surface area contributed by atoms with Gasteiger partial charge in [0, 0.05) is 25.2 Å². The molecule has 0 aromatic carbocycles. The zero-order valence-electron chi connectivity index (χ0n) is 10.7. The third-order valence-corrected chi connectivity index (χ3v) is 3.04. The van der Waals surface area contributed by atoms with E-state index in [0.29, 0.717) is 11.9 Å². The molecule has 0 bridgehead atoms. The molecule has 92 valence electrons. The summed E-state index contributed by atoms with van der Waals surface area (Å²) in [6, 6.07) is 4.37. The SMILES string of the molecule is CNC(C)Cc1noc(-c2ccc(C)n2C)n1. The molecule has 0 saturated heterocycles. The Kier molecular flexibility index (Phi) is 3.28. The first-order chi connectivity index (χ1) is 8.11. The molecule has 0 aliphatic rings. The van der Waals surface area contributed by atoms with Gasteiger partial charge in [-0.25, -0.2) is 0 Å². The summed E-state index contributed by atoms with van der Waals surface area (Å²) in [7, 11) is 3.91. The van der Waals surface area contributed by atoms with Gasteiger partial charge in [-0.2, -0.15) is 4.98 Å². The van der Waals surface area contributed by atoms with Gasteiger partial charge in [-0.1, -0.05) is 5.16 Å². The fourth-order valence-electron chi connectivity index (χ4n) is 1.64. The van der Waals surface area contributed by atoms with E-state index in [1.807, 2.05) is 37.7 Å². The molecule has 0 amide bonds. The molecule has 2 rings (SSSR count). The predicted molar refractivity (Wildman–Crippen MR) is 65.7 cm³/mol. The second-order valence-electron chi connectivity index (χ2n) is 4.33. The zero-order chi connectivity index (χ0) is 12.4. The van der Waals surface area contributed by atoms with E-state index in [9.17, 15) is 0 Å². The quantitative estimate of drug-likeness (QED) is 0.871. The topological polar surface area (TPSA) is 55.9 Å². The number of aryl methyl sites for hydroxylation is 1. The molecule has 17 heavy (non-hydrogen) atoms. The highest BCUT2D eigenvalue weighted by atomic mass is 16.5. The van der Waals surface area contributed by atoms with Crippen LogP contribution in [-0.4, -0.2) is 27.8 Å². The van der Waals surface area contributed by atoms with Gasteiger partial charge < -0.3 is 14.4 Å². The molecular formula is C12H18N4O. The van der Waals surface area contributed by atoms with Crippen LogP contribution in [0.3, 0.4) is 0 Å². The van der Waals surface area contributed by atoms with Gasteiger partial charge >= 0.3 is 0 Å². The van der Waals surface area contributed by atoms with Gasteiger partial charge in [0.05, 0.1) is 0 Å². The highest BCUT2D eigenvalue weighted by Gasteiger charge is 2.13. The van der Waals surface area contributed by atoms with E-state index < -0.39 is 0 Å². The summed E-state index contributed by atoms with van der Waals surface area (Å²) >= 11 is 0. The maximum Gasteiger partial charge on any atom is 0.274 e. The van der Waals surface area contributed by atoms with Gasteiger partial charge in [-0.05, 0) is 33.0 Å². The lowest BCUT2D eigenvalue weighted by Crippen LogP contribution is -2.24. The van der Waals surface area contributed by atoms with Gasteiger partial charge in [0.1, 0.15) is 5.69 Å². The number of nitrogens with zero attached hydrogens (tertiary/aromatic N) is 3. The molecule has 0 fully saturated rings. The molecule has 1 unspecified atom stereocenters. The van der Waals surface area contributed by atoms with Crippen molar-refractivity contribution < 1.29 is 4.52 Å². The molecule has 1 atom stereocenters. The number of hydrogen-bond donors (Lipinski definition) is 1. The molecule has 1 N–H and O–H groups in total. The smallest absolute Gasteiger partial charge is 0.274 e. The molecule has 2 aromatic heterocycles. The van der Waals surface area contributed by atoms with Crippen molar-refractivity contribution in [1.82, 2.24) is 20.0 Å². The molecule has 0 saturated carbocycles. The van der Waals surface area contributed by atoms with Crippen LogP contribution in [0.5, 0.6) is 0 Å². The highest BCUT2D eigenvalue weighted by molar-refractivity contribution is 5.49. The van der Waals surface area contributed by atoms with Gasteiger partial charge in [-0.15, -0.1) is 0 Å². The lowest BCUT2D eigenvalue weighted by Gasteiger charge is -2.04. The molecular weight excluding hydrogens is 216 g/mol. The lowest BCUT2D eigenvalue weighted by atomic mass is 10.2. The molecule has 2 heterocycles. The molecule has 5 heteroatoms. The number of aromatic nitrogens is 3. The van der Waals surface area contributed by atoms with Crippen LogP contribution >= 0.6 is 0 Å². The largest absolute Gasteiger partial charge is 0.344 e. The summed E-state index contributed by atoms with van der Waals surface area (Å²) in [4.78, 5) is 4.40. The van der Waals surface area contributed by atoms with Crippen molar-refractivity contribution in [2.24, 2.45) is 7.05 Å². The first-order valence-electron chi connectivity index (χ1n) is 5.74. The van der Waals surface area contributed by atoms with Gasteiger partial charge in [0.2, 0.25) is 0 Å². The summed E-state index contributed by atoms with van der Waals surface area (Å²) in [5.74, 6) is 1.32. The third-order valence-electron chi connectivity index (χ3n) is 3.04. The van der Waals surface area contributed by atoms with E-state index in [1.165, 1.54) is 5.69 Å². The van der Waals surface area contributed by atoms with Crippen LogP contribution < -0.4 is 5.32 Å². The van der Waals surface area contributed by atoms with E-state index in [2.05, 4.69) is 22.4 Å². The average Bonchev–Trinajstić information content (AvgIpc) is 2.88. The summed E-state index contributed by atoms with van der Waals surface area (Å²) in [6.45, 7) is 4.13. The summed E-state index contributed by atoms with van der Waals surface area (Å²) < 4.78 is 7.32. The highest BCUT2D eigenvalue weighted by Crippen LogP contribution is 2.19. The van der Waals surface area contributed by atoms with Crippen LogP contribution in [0.1, 0.15) is 18.4 Å². The molecule has 0 spiro atoms. The van der Waals surface area contributed by atoms with E-state index in [-0.39, 0.29) is 0 Å². The van der Waals surface area contributed by atoms with Crippen molar-refractivity contribution in [1.29, 1.82) is 0 Å². The standard InChI is InChI=1S/C12H18N4O/c1-8(13-3)7-11-14-12(17-15-11)10-6-5-9(2)16(10)4/h5-6,8,13H,7H2,1-4H3. The molecule has 0 aliphatic carbocycles. The number of hydrogen-bond acceptors (Lipinski definition) is 4. The molecule has 0 aliphatic heterocycles. The fourth-order valence-corrected chi connectivity index (χ4v) is 1.64. The minimum atomic E-state index is 0.343. The predicted octanol–water partition coefficient (Wildman–Crippen LogP) is 1.53. The van der Waals surface area contributed by atoms with Crippen LogP contribution in [0, 0.1) is 6.92 Å². The Morgan fingerprint density at radius 2 is 2.24 bits per heavy atom. The first kappa shape index (κ1) is 11.9. The monoisotopic (exact) mass is 234 g/mol. The summed E-state index contributed by atoms with van der Waals surface area (Å²) in [5, 5.41) is 7.14. The molecule has 2 aromatic rings. The minimum absolute atomic E-state index is 0.343. The molecule has 0 radical (unpaired) electrons. The average molecular weight is 234 g/mol. The lowest BCUT2D eigenvalue weighted by molar-refractivity contribution is 0.416. The van der Waals surface area contributed by atoms with Crippen molar-refractivity contribution in [3.05, 3.63) is 23.7 Å². The number of nitrogens with one attached hydrogen (secondary N) is 1. The Morgan fingerprint density at radius 1 is 1.47 bits per heavy atom. The summed E-state index contributed by atoms with van der Waals surface area (Å²) in [5.41, 5.74) is 2.13. The Labute approximate surface area is 101 Å². The van der Waals surface area contributed by atoms with Crippen LogP contribution in [0.25, 0.3) is 11.6 Å². The zero-order valence-corrected chi connectivity index (χ0v) is 10.7. The second-order valence-corrected chi connectivity index (χ2v) is 4.33. The van der Waals surface area contributed by atoms with Crippen LogP contribution in [0.15, 0.2) is 16.7 Å². The van der Waals surface area contributed by atoms with Crippen molar-refractivity contribution in [2.45, 2.75) is 26.3 Å². The third kappa shape index (κ3) is 2.39. The van der Waals surface area contributed by atoms with Gasteiger partial charge in [-0.3, -0.25) is 0 Å². The summed E-state index contributed by atoms with van der Waals surface area (Å²) in [6.07, 6.45) is 0.767. The minimum Gasteiger partial charge on any atom is -0.344 e. The van der Waals surface area contributed by atoms with E-state index in [4.69, 9.17) is 4.52 Å². The van der Waals surface area contributed by atoms with Crippen molar-refractivity contribution in [3.63, 3.8) is 0 Å². The first-order valence-corrected chi connectivity index (χ1v) is 5.74. The van der Waals surface area contributed by atoms with Crippen LogP contribution in [-0.2, 0) is 13.5 Å². The van der Waals surface area contributed by atoms with Gasteiger partial charge in [0.25, 0.3) is 5.89 Å². The Bertz CT molecular complexity index is 500. The molecule has 5 nitrogen and oxygen atoms in total. The van der Waals surface area contributed by atoms with E-state index in [0.717, 1.165) is 17.9 Å². The van der Waals surface area contributed by atoms with Crippen molar-refractivity contribution in [3.8, 4) is 11.6 Å². The van der Waals surface area contributed by atoms with E-state index in [1.54, 1.807) is 0 Å². The van der Waals surface area contributed by atoms with Crippen molar-refractivity contribution >= 4 is 0 Å². The Hall–Kier alpha value is -1.62. The fraction of sp³-hybridized carbons (Fsp3) is 0.500. The van der Waals surface area contributed by atoms with Crippen molar-refractivity contribution in [2.75, 3.05) is 7.05 Å². The number of rotatable bonds is 4. The maximum absolute atomic E-state index is 5.28. The van der Waals surface area contributed by atoms with Gasteiger partial charge in [0.15, 0.2) is 5.82 Å². The maximum atomic E-state index is 5.28. The van der Waals surface area contributed by atoms with Crippen LogP contribution in [0.2, 0.25) is 0 Å². The normalized spacial score (nSPS) is 12.9. The Morgan fingerprint density at radius 3 is 2.82 bits per heavy atom. The number of likely N-dealkylation sites (N-methyl/N-ethyl adjacent to an activating group) is 1.